The molecule has 0 aliphatic rings. The molecule has 0 radical (unpaired) electrons. The number of carbonyl (C=O) groups is 2. The van der Waals surface area contributed by atoms with Gasteiger partial charge in [-0.15, -0.1) is 0 Å². The summed E-state index contributed by atoms with van der Waals surface area (Å²) in [5, 5.41) is 9.43. The summed E-state index contributed by atoms with van der Waals surface area (Å²) in [6.45, 7) is 1.57. The van der Waals surface area contributed by atoms with E-state index in [1.807, 2.05) is 146 Å². The lowest BCUT2D eigenvalue weighted by Crippen LogP contribution is -2.49. The van der Waals surface area contributed by atoms with Crippen LogP contribution in [0.2, 0.25) is 0 Å². The summed E-state index contributed by atoms with van der Waals surface area (Å²) in [5.74, 6) is -0.965. The van der Waals surface area contributed by atoms with Crippen LogP contribution in [0.15, 0.2) is 133 Å². The molecular weight excluding hydrogens is 520 g/mol. The molecular formula is C37H40N2O3. The maximum absolute atomic E-state index is 12.0. The fourth-order valence-electron chi connectivity index (χ4n) is 4.43. The van der Waals surface area contributed by atoms with Crippen molar-refractivity contribution in [1.29, 1.82) is 0 Å². The van der Waals surface area contributed by atoms with Gasteiger partial charge in [-0.1, -0.05) is 146 Å². The first-order valence-electron chi connectivity index (χ1n) is 14.0. The summed E-state index contributed by atoms with van der Waals surface area (Å²) in [4.78, 5) is 23.5. The third-order valence-corrected chi connectivity index (χ3v) is 7.04. The lowest BCUT2D eigenvalue weighted by atomic mass is 9.85. The van der Waals surface area contributed by atoms with E-state index in [0.717, 1.165) is 22.3 Å². The molecule has 42 heavy (non-hydrogen) atoms. The highest BCUT2D eigenvalue weighted by atomic mass is 16.4. The summed E-state index contributed by atoms with van der Waals surface area (Å²) in [5.41, 5.74) is 14.5. The normalized spacial score (nSPS) is 14.0. The van der Waals surface area contributed by atoms with Gasteiger partial charge in [-0.25, -0.2) is 0 Å². The minimum atomic E-state index is -1.29. The van der Waals surface area contributed by atoms with Crippen molar-refractivity contribution < 1.29 is 14.7 Å². The summed E-state index contributed by atoms with van der Waals surface area (Å²) in [6.07, 6.45) is 9.40. The Labute approximate surface area is 249 Å². The van der Waals surface area contributed by atoms with Gasteiger partial charge in [0.05, 0.1) is 5.54 Å². The second kappa shape index (κ2) is 16.0. The molecule has 0 spiro atoms. The number of ketones is 1. The summed E-state index contributed by atoms with van der Waals surface area (Å²) in [6, 6.07) is 39.1. The lowest BCUT2D eigenvalue weighted by molar-refractivity contribution is -0.143. The zero-order valence-electron chi connectivity index (χ0n) is 24.1. The van der Waals surface area contributed by atoms with Crippen LogP contribution in [-0.2, 0) is 22.4 Å². The molecule has 5 nitrogen and oxygen atoms in total. The van der Waals surface area contributed by atoms with Gasteiger partial charge in [0.25, 0.3) is 0 Å². The first-order valence-corrected chi connectivity index (χ1v) is 14.0. The maximum Gasteiger partial charge on any atom is 0.324 e. The van der Waals surface area contributed by atoms with Crippen LogP contribution in [-0.4, -0.2) is 27.9 Å². The largest absolute Gasteiger partial charge is 0.480 e. The molecule has 0 bridgehead atoms. The average molecular weight is 561 g/mol. The second-order valence-electron chi connectivity index (χ2n) is 10.5. The molecule has 0 aliphatic heterocycles. The topological polar surface area (TPSA) is 106 Å². The van der Waals surface area contributed by atoms with Crippen molar-refractivity contribution in [2.24, 2.45) is 11.5 Å². The van der Waals surface area contributed by atoms with Crippen LogP contribution in [0.25, 0.3) is 12.2 Å². The molecule has 2 atom stereocenters. The molecule has 0 amide bonds. The lowest BCUT2D eigenvalue weighted by Gasteiger charge is -2.25. The quantitative estimate of drug-likeness (QED) is 0.178. The van der Waals surface area contributed by atoms with E-state index in [1.165, 1.54) is 0 Å². The van der Waals surface area contributed by atoms with E-state index in [-0.39, 0.29) is 12.2 Å². The Kier molecular flexibility index (Phi) is 12.2. The molecule has 0 aromatic heterocycles. The monoisotopic (exact) mass is 560 g/mol. The molecule has 4 rings (SSSR count). The number of carboxylic acid groups (broad SMARTS) is 1. The smallest absolute Gasteiger partial charge is 0.324 e. The summed E-state index contributed by atoms with van der Waals surface area (Å²) >= 11 is 0. The maximum atomic E-state index is 12.0. The predicted octanol–water partition coefficient (Wildman–Crippen LogP) is 6.73. The average Bonchev–Trinajstić information content (AvgIpc) is 2.99. The standard InChI is InChI=1S/C19H21NO.C18H19NO2/c1-16(21)19(20,15-18-11-6-3-7-12-18)14-8-13-17-9-4-2-5-10-17;19-18(17(20)21,14-16-10-5-2-6-11-16)13-7-12-15-8-3-1-4-9-15/h2-13H,14-15,20H2,1H3;1-12H,13-14,19H2,(H,20,21)/t19-;18-/m00/s1. The van der Waals surface area contributed by atoms with Crippen molar-refractivity contribution in [1.82, 2.24) is 0 Å². The van der Waals surface area contributed by atoms with Gasteiger partial charge < -0.3 is 16.6 Å². The van der Waals surface area contributed by atoms with Gasteiger partial charge in [-0.3, -0.25) is 9.59 Å². The number of hydrogen-bond acceptors (Lipinski definition) is 4. The van der Waals surface area contributed by atoms with Crippen molar-refractivity contribution in [2.75, 3.05) is 0 Å². The molecule has 0 saturated carbocycles. The van der Waals surface area contributed by atoms with E-state index in [9.17, 15) is 14.7 Å². The number of nitrogens with two attached hydrogens (primary N) is 2. The van der Waals surface area contributed by atoms with Crippen LogP contribution in [0.4, 0.5) is 0 Å². The predicted molar refractivity (Wildman–Crippen MR) is 173 cm³/mol. The third-order valence-electron chi connectivity index (χ3n) is 7.04. The van der Waals surface area contributed by atoms with Gasteiger partial charge in [-0.05, 0) is 48.4 Å². The first kappa shape index (κ1) is 31.9. The molecule has 0 fully saturated rings. The highest BCUT2D eigenvalue weighted by Gasteiger charge is 2.33. The van der Waals surface area contributed by atoms with Crippen molar-refractivity contribution in [3.63, 3.8) is 0 Å². The zero-order chi connectivity index (χ0) is 30.3. The molecule has 5 N–H and O–H groups in total. The van der Waals surface area contributed by atoms with Crippen LogP contribution in [0, 0.1) is 0 Å². The van der Waals surface area contributed by atoms with Gasteiger partial charge in [0.15, 0.2) is 0 Å². The Morgan fingerprint density at radius 3 is 1.29 bits per heavy atom. The van der Waals surface area contributed by atoms with Gasteiger partial charge in [-0.2, -0.15) is 0 Å². The van der Waals surface area contributed by atoms with Gasteiger partial charge in [0.1, 0.15) is 11.3 Å². The number of rotatable bonds is 12. The van der Waals surface area contributed by atoms with Gasteiger partial charge >= 0.3 is 5.97 Å². The van der Waals surface area contributed by atoms with Crippen LogP contribution >= 0.6 is 0 Å². The molecule has 0 aliphatic carbocycles. The third kappa shape index (κ3) is 10.4. The minimum Gasteiger partial charge on any atom is -0.480 e. The molecule has 5 heteroatoms. The van der Waals surface area contributed by atoms with E-state index in [4.69, 9.17) is 11.5 Å². The number of carboxylic acids is 1. The summed E-state index contributed by atoms with van der Waals surface area (Å²) in [7, 11) is 0. The zero-order valence-corrected chi connectivity index (χ0v) is 24.1. The molecule has 4 aromatic carbocycles. The van der Waals surface area contributed by atoms with E-state index in [2.05, 4.69) is 0 Å². The van der Waals surface area contributed by atoms with Crippen molar-refractivity contribution in [2.45, 2.75) is 43.7 Å². The molecule has 0 saturated heterocycles. The van der Waals surface area contributed by atoms with Gasteiger partial charge in [0.2, 0.25) is 0 Å². The van der Waals surface area contributed by atoms with Gasteiger partial charge in [0, 0.05) is 6.42 Å². The van der Waals surface area contributed by atoms with Crippen LogP contribution in [0.3, 0.4) is 0 Å². The van der Waals surface area contributed by atoms with Crippen LogP contribution in [0.1, 0.15) is 42.0 Å². The fraction of sp³-hybridized carbons (Fsp3) is 0.189. The molecule has 216 valence electrons. The Morgan fingerprint density at radius 2 is 0.929 bits per heavy atom. The second-order valence-corrected chi connectivity index (χ2v) is 10.5. The molecule has 0 heterocycles. The van der Waals surface area contributed by atoms with E-state index >= 15 is 0 Å². The Balaban J connectivity index is 0.000000230. The highest BCUT2D eigenvalue weighted by Crippen LogP contribution is 2.19. The number of carbonyl (C=O) groups excluding carboxylic acids is 1. The van der Waals surface area contributed by atoms with Crippen LogP contribution < -0.4 is 11.5 Å². The number of aliphatic carboxylic acids is 1. The SMILES string of the molecule is CC(=O)[C@](N)(CC=Cc1ccccc1)Cc1ccccc1.N[C@@](CC=Cc1ccccc1)(Cc1ccccc1)C(=O)O. The Bertz CT molecular complexity index is 1320. The number of benzene rings is 4. The van der Waals surface area contributed by atoms with Crippen molar-refractivity contribution in [3.05, 3.63) is 156 Å². The Morgan fingerprint density at radius 1 is 0.595 bits per heavy atom. The highest BCUT2D eigenvalue weighted by molar-refractivity contribution is 5.86. The van der Waals surface area contributed by atoms with E-state index in [1.54, 1.807) is 6.92 Å². The molecule has 4 aromatic rings. The van der Waals surface area contributed by atoms with Crippen molar-refractivity contribution in [3.8, 4) is 0 Å². The number of hydrogen-bond donors (Lipinski definition) is 3. The van der Waals surface area contributed by atoms with E-state index < -0.39 is 17.0 Å². The van der Waals surface area contributed by atoms with Crippen molar-refractivity contribution >= 4 is 23.9 Å². The fourth-order valence-corrected chi connectivity index (χ4v) is 4.43. The van der Waals surface area contributed by atoms with Crippen LogP contribution in [0.5, 0.6) is 0 Å². The molecule has 0 unspecified atom stereocenters. The number of Topliss-reactive ketones (excluding diaryl/α,β-unsaturated/α-hetero) is 1. The first-order chi connectivity index (χ1) is 20.2. The minimum absolute atomic E-state index is 0.0177. The van der Waals surface area contributed by atoms with E-state index in [0.29, 0.717) is 19.3 Å². The Hall–Kier alpha value is -4.58. The summed E-state index contributed by atoms with van der Waals surface area (Å²) < 4.78 is 0.